The van der Waals surface area contributed by atoms with E-state index in [1.165, 1.54) is 18.4 Å². The Hall–Kier alpha value is -5.01. The van der Waals surface area contributed by atoms with Crippen molar-refractivity contribution in [3.8, 4) is 11.8 Å². The van der Waals surface area contributed by atoms with Crippen molar-refractivity contribution < 1.29 is 14.3 Å². The molecular weight excluding hydrogens is 524 g/mol. The van der Waals surface area contributed by atoms with Gasteiger partial charge in [0, 0.05) is 43.1 Å². The fourth-order valence-electron chi connectivity index (χ4n) is 4.59. The highest BCUT2D eigenvalue weighted by atomic mass is 32.1. The molecule has 3 aromatic carbocycles. The monoisotopic (exact) mass is 552 g/mol. The number of hydrogen-bond donors (Lipinski definition) is 3. The quantitative estimate of drug-likeness (QED) is 0.293. The van der Waals surface area contributed by atoms with Crippen LogP contribution in [0.4, 0.5) is 27.8 Å². The third kappa shape index (κ3) is 5.55. The first-order valence-corrected chi connectivity index (χ1v) is 13.5. The second-order valence-corrected chi connectivity index (χ2v) is 10.1. The number of methoxy groups -OCH3 is 1. The van der Waals surface area contributed by atoms with Crippen LogP contribution >= 0.6 is 11.3 Å². The summed E-state index contributed by atoms with van der Waals surface area (Å²) >= 11 is 1.20. The molecule has 1 saturated heterocycles. The minimum atomic E-state index is -0.460. The van der Waals surface area contributed by atoms with Crippen LogP contribution in [0.2, 0.25) is 0 Å². The standard InChI is InChI=1S/C30H28N6O3S/c1-39-25-13-12-21(33-28(37)20-8-4-2-5-9-20)18-24(25)34-29(38)27-26(32)23(19-31)30(40-27)36-16-14-35(15-17-36)22-10-6-3-7-11-22/h2-13,18H,14-17,32H2,1H3,(H,33,37)(H,34,38). The molecule has 1 aromatic heterocycles. The van der Waals surface area contributed by atoms with E-state index in [1.807, 2.05) is 24.3 Å². The Kier molecular flexibility index (Phi) is 7.84. The molecule has 2 amide bonds. The highest BCUT2D eigenvalue weighted by Gasteiger charge is 2.27. The van der Waals surface area contributed by atoms with Crippen LogP contribution in [0.3, 0.4) is 0 Å². The van der Waals surface area contributed by atoms with Gasteiger partial charge < -0.3 is 30.9 Å². The number of ether oxygens (including phenoxy) is 1. The Morgan fingerprint density at radius 2 is 1.55 bits per heavy atom. The summed E-state index contributed by atoms with van der Waals surface area (Å²) in [6.45, 7) is 2.96. The summed E-state index contributed by atoms with van der Waals surface area (Å²) in [5.74, 6) is -0.321. The smallest absolute Gasteiger partial charge is 0.268 e. The number of anilines is 5. The van der Waals surface area contributed by atoms with Crippen LogP contribution in [-0.2, 0) is 0 Å². The van der Waals surface area contributed by atoms with Gasteiger partial charge in [0.1, 0.15) is 27.3 Å². The first-order chi connectivity index (χ1) is 19.5. The molecule has 5 rings (SSSR count). The molecule has 0 bridgehead atoms. The van der Waals surface area contributed by atoms with E-state index in [1.54, 1.807) is 42.5 Å². The number of nitrogens with two attached hydrogens (primary N) is 1. The number of nitrogens with one attached hydrogen (secondary N) is 2. The van der Waals surface area contributed by atoms with Gasteiger partial charge in [0.2, 0.25) is 0 Å². The van der Waals surface area contributed by atoms with Gasteiger partial charge in [-0.3, -0.25) is 9.59 Å². The van der Waals surface area contributed by atoms with E-state index in [-0.39, 0.29) is 16.5 Å². The Labute approximate surface area is 236 Å². The maximum atomic E-state index is 13.4. The number of benzene rings is 3. The second kappa shape index (κ2) is 11.8. The number of hydrogen-bond acceptors (Lipinski definition) is 8. The summed E-state index contributed by atoms with van der Waals surface area (Å²) in [5, 5.41) is 16.3. The minimum Gasteiger partial charge on any atom is -0.495 e. The first kappa shape index (κ1) is 26.6. The third-order valence-corrected chi connectivity index (χ3v) is 7.94. The van der Waals surface area contributed by atoms with Crippen LogP contribution in [0.1, 0.15) is 25.6 Å². The maximum absolute atomic E-state index is 13.4. The molecule has 0 saturated carbocycles. The Morgan fingerprint density at radius 3 is 2.20 bits per heavy atom. The molecule has 1 fully saturated rings. The summed E-state index contributed by atoms with van der Waals surface area (Å²) in [6, 6.07) is 26.2. The molecule has 2 heterocycles. The molecule has 0 radical (unpaired) electrons. The Balaban J connectivity index is 1.33. The highest BCUT2D eigenvalue weighted by molar-refractivity contribution is 7.19. The van der Waals surface area contributed by atoms with Crippen LogP contribution in [0.5, 0.6) is 5.75 Å². The number of nitriles is 1. The summed E-state index contributed by atoms with van der Waals surface area (Å²) in [7, 11) is 1.49. The SMILES string of the molecule is COc1ccc(NC(=O)c2ccccc2)cc1NC(=O)c1sc(N2CCN(c3ccccc3)CC2)c(C#N)c1N. The summed E-state index contributed by atoms with van der Waals surface area (Å²) in [6.07, 6.45) is 0. The zero-order valence-corrected chi connectivity index (χ0v) is 22.7. The lowest BCUT2D eigenvalue weighted by Gasteiger charge is -2.36. The molecule has 9 nitrogen and oxygen atoms in total. The fraction of sp³-hybridized carbons (Fsp3) is 0.167. The molecule has 4 N–H and O–H groups in total. The number of carbonyl (C=O) groups is 2. The normalized spacial score (nSPS) is 12.9. The van der Waals surface area contributed by atoms with Gasteiger partial charge in [-0.05, 0) is 42.5 Å². The van der Waals surface area contributed by atoms with Crippen LogP contribution in [0.15, 0.2) is 78.9 Å². The number of rotatable bonds is 7. The molecule has 4 aromatic rings. The van der Waals surface area contributed by atoms with Gasteiger partial charge in [-0.2, -0.15) is 5.26 Å². The average molecular weight is 553 g/mol. The molecule has 202 valence electrons. The van der Waals surface area contributed by atoms with Crippen molar-refractivity contribution in [3.05, 3.63) is 94.9 Å². The molecule has 0 aliphatic carbocycles. The van der Waals surface area contributed by atoms with Gasteiger partial charge in [0.25, 0.3) is 11.8 Å². The molecule has 40 heavy (non-hydrogen) atoms. The van der Waals surface area contributed by atoms with Crippen LogP contribution in [-0.4, -0.2) is 45.1 Å². The molecule has 0 unspecified atom stereocenters. The van der Waals surface area contributed by atoms with Crippen molar-refractivity contribution in [2.45, 2.75) is 0 Å². The predicted molar refractivity (Wildman–Crippen MR) is 160 cm³/mol. The lowest BCUT2D eigenvalue weighted by atomic mass is 10.2. The second-order valence-electron chi connectivity index (χ2n) is 9.14. The Morgan fingerprint density at radius 1 is 0.900 bits per heavy atom. The molecular formula is C30H28N6O3S. The van der Waals surface area contributed by atoms with Crippen molar-refractivity contribution >= 4 is 50.9 Å². The first-order valence-electron chi connectivity index (χ1n) is 12.7. The lowest BCUT2D eigenvalue weighted by molar-refractivity contribution is 0.102. The number of amides is 2. The molecule has 10 heteroatoms. The fourth-order valence-corrected chi connectivity index (χ4v) is 5.71. The third-order valence-electron chi connectivity index (χ3n) is 6.67. The molecule has 0 spiro atoms. The van der Waals surface area contributed by atoms with E-state index < -0.39 is 5.91 Å². The summed E-state index contributed by atoms with van der Waals surface area (Å²) in [5.41, 5.74) is 9.30. The number of nitrogens with zero attached hydrogens (tertiary/aromatic N) is 3. The lowest BCUT2D eigenvalue weighted by Crippen LogP contribution is -2.46. The van der Waals surface area contributed by atoms with Crippen LogP contribution < -0.4 is 30.9 Å². The number of thiophene rings is 1. The van der Waals surface area contributed by atoms with E-state index in [2.05, 4.69) is 38.6 Å². The minimum absolute atomic E-state index is 0.151. The summed E-state index contributed by atoms with van der Waals surface area (Å²) in [4.78, 5) is 30.7. The van der Waals surface area contributed by atoms with Gasteiger partial charge >= 0.3 is 0 Å². The maximum Gasteiger partial charge on any atom is 0.268 e. The van der Waals surface area contributed by atoms with Gasteiger partial charge in [0.05, 0.1) is 18.5 Å². The molecule has 1 aliphatic rings. The molecule has 1 aliphatic heterocycles. The van der Waals surface area contributed by atoms with Gasteiger partial charge in [0.15, 0.2) is 0 Å². The van der Waals surface area contributed by atoms with Crippen molar-refractivity contribution in [1.29, 1.82) is 5.26 Å². The summed E-state index contributed by atoms with van der Waals surface area (Å²) < 4.78 is 5.43. The van der Waals surface area contributed by atoms with Gasteiger partial charge in [-0.15, -0.1) is 11.3 Å². The predicted octanol–water partition coefficient (Wildman–Crippen LogP) is 5.04. The topological polar surface area (TPSA) is 124 Å². The van der Waals surface area contributed by atoms with Crippen molar-refractivity contribution in [2.24, 2.45) is 0 Å². The highest BCUT2D eigenvalue weighted by Crippen LogP contribution is 2.39. The van der Waals surface area contributed by atoms with Crippen LogP contribution in [0.25, 0.3) is 0 Å². The van der Waals surface area contributed by atoms with Crippen molar-refractivity contribution in [3.63, 3.8) is 0 Å². The van der Waals surface area contributed by atoms with E-state index >= 15 is 0 Å². The van der Waals surface area contributed by atoms with Crippen molar-refractivity contribution in [2.75, 3.05) is 59.5 Å². The largest absolute Gasteiger partial charge is 0.495 e. The van der Waals surface area contributed by atoms with Gasteiger partial charge in [-0.1, -0.05) is 36.4 Å². The molecule has 0 atom stereocenters. The number of carbonyl (C=O) groups excluding carboxylic acids is 2. The van der Waals surface area contributed by atoms with E-state index in [0.717, 1.165) is 18.8 Å². The van der Waals surface area contributed by atoms with E-state index in [4.69, 9.17) is 10.5 Å². The van der Waals surface area contributed by atoms with E-state index in [9.17, 15) is 14.9 Å². The zero-order valence-electron chi connectivity index (χ0n) is 21.9. The van der Waals surface area contributed by atoms with E-state index in [0.29, 0.717) is 46.3 Å². The average Bonchev–Trinajstić information content (AvgIpc) is 3.34. The number of piperazine rings is 1. The van der Waals surface area contributed by atoms with Crippen LogP contribution in [0, 0.1) is 11.3 Å². The number of para-hydroxylation sites is 1. The van der Waals surface area contributed by atoms with Gasteiger partial charge in [-0.25, -0.2) is 0 Å². The zero-order chi connectivity index (χ0) is 28.1. The van der Waals surface area contributed by atoms with Crippen molar-refractivity contribution in [1.82, 2.24) is 0 Å². The Bertz CT molecular complexity index is 1560. The number of nitrogen functional groups attached to an aromatic ring is 1.